The Labute approximate surface area is 535 Å². The number of ether oxygens (including phenoxy) is 2. The summed E-state index contributed by atoms with van der Waals surface area (Å²) in [4.78, 5) is 98.2. The molecule has 3 aromatic heterocycles. The molecule has 0 radical (unpaired) electrons. The van der Waals surface area contributed by atoms with E-state index in [0.717, 1.165) is 11.4 Å². The van der Waals surface area contributed by atoms with Gasteiger partial charge < -0.3 is 53.1 Å². The number of aldehydes is 1. The normalized spacial score (nSPS) is 11.8. The number of rotatable bonds is 5. The second-order valence-electron chi connectivity index (χ2n) is 26.0. The van der Waals surface area contributed by atoms with Crippen molar-refractivity contribution in [1.29, 1.82) is 0 Å². The summed E-state index contributed by atoms with van der Waals surface area (Å²) in [7, 11) is 0. The summed E-state index contributed by atoms with van der Waals surface area (Å²) in [5.41, 5.74) is 20.8. The zero-order valence-electron chi connectivity index (χ0n) is 51.5. The van der Waals surface area contributed by atoms with Crippen molar-refractivity contribution in [3.05, 3.63) is 69.8 Å². The molecular weight excluding hydrogens is 1170 g/mol. The number of primary amides is 2. The Bertz CT molecular complexity index is 2350. The third-order valence-electron chi connectivity index (χ3n) is 9.18. The number of hydrogen-bond donors (Lipinski definition) is 8. The SMILES string of the molecule is C.C.C.C.C.C.C.C.CC(C)(C)OC(=O)N[C@H](C(=O)O)C(C)(C)C.CC(C)(C)OC(=O)N[C@H](C(N)=O)C(C)(C)C.CC(C)(C)[C@H](N)C(N)=O.CC(C)(C)c1ncc[nH]c1=O.CC(C)(C)c1nccnc1Cl.CC(C)(C)c1nccnc1N.O=CC(F)(F)F. The van der Waals surface area contributed by atoms with Gasteiger partial charge in [0, 0.05) is 53.4 Å². The highest BCUT2D eigenvalue weighted by Gasteiger charge is 2.35. The molecule has 0 aliphatic heterocycles. The molecule has 3 heterocycles. The molecule has 0 saturated carbocycles. The van der Waals surface area contributed by atoms with Crippen LogP contribution in [0.25, 0.3) is 0 Å². The molecule has 0 fully saturated rings. The number of nitrogens with two attached hydrogens (primary N) is 4. The van der Waals surface area contributed by atoms with Crippen LogP contribution in [0.5, 0.6) is 0 Å². The molecule has 0 aromatic carbocycles. The van der Waals surface area contributed by atoms with Crippen molar-refractivity contribution in [1.82, 2.24) is 40.5 Å². The molecule has 88 heavy (non-hydrogen) atoms. The molecule has 0 bridgehead atoms. The zero-order valence-corrected chi connectivity index (χ0v) is 52.2. The number of carbonyl (C=O) groups excluding carboxylic acids is 5. The maximum Gasteiger partial charge on any atom is 0.446 e. The maximum absolute atomic E-state index is 11.5. The van der Waals surface area contributed by atoms with Crippen molar-refractivity contribution in [2.45, 2.75) is 277 Å². The van der Waals surface area contributed by atoms with Gasteiger partial charge in [-0.1, -0.05) is 196 Å². The van der Waals surface area contributed by atoms with Crippen LogP contribution in [0.3, 0.4) is 0 Å². The standard InChI is InChI=1S/C11H22N2O3.C11H21NO4.C8H11ClN2.C8H13N3.C8H12N2O.C6H14N2O.C2HF3O.8CH4/c1-10(2,3)7(8(12)14)13-9(15)16-11(4,5)6;1-10(2,3)7(8(13)14)12-9(15)16-11(4,5)6;2*1-8(2,3)6-7(9)11-5-4-10-6;1-8(2,3)6-7(11)10-5-4-9-6;1-6(2,3)4(7)5(8)9;3-2(4,5)1-6;;;;;;;;/h7H,1-6H3,(H2,12,14)(H,13,15);7H,1-6H3,(H,12,15)(H,13,14);4-5H,1-3H3;4-5H,1-3H3,(H2,9,11);4-5H,1-3H3,(H,10,11);4H,7H2,1-3H3,(H2,8,9);1H;8*1H4/t2*7-;;;;4-;;;;;;;;;/m11...1........./s1. The Morgan fingerprint density at radius 2 is 0.841 bits per heavy atom. The first-order valence-electron chi connectivity index (χ1n) is 25.0. The molecule has 26 heteroatoms. The molecule has 0 spiro atoms. The number of carboxylic acids is 1. The van der Waals surface area contributed by atoms with Crippen LogP contribution in [-0.2, 0) is 44.9 Å². The number of amides is 4. The van der Waals surface area contributed by atoms with E-state index in [1.165, 1.54) is 6.20 Å². The second kappa shape index (κ2) is 44.9. The van der Waals surface area contributed by atoms with E-state index in [1.807, 2.05) is 62.3 Å². The monoisotopic (exact) mass is 1290 g/mol. The lowest BCUT2D eigenvalue weighted by molar-refractivity contribution is -0.156. The van der Waals surface area contributed by atoms with E-state index in [1.54, 1.807) is 93.3 Å². The fraction of sp³-hybridized carbons (Fsp3) is 0.710. The predicted molar refractivity (Wildman–Crippen MR) is 359 cm³/mol. The van der Waals surface area contributed by atoms with Gasteiger partial charge in [0.2, 0.25) is 18.1 Å². The van der Waals surface area contributed by atoms with Crippen molar-refractivity contribution in [2.24, 2.45) is 33.4 Å². The number of hydrogen-bond acceptors (Lipinski definition) is 16. The fourth-order valence-corrected chi connectivity index (χ4v) is 5.67. The summed E-state index contributed by atoms with van der Waals surface area (Å²) >= 11 is 5.84. The number of alkyl halides is 3. The van der Waals surface area contributed by atoms with E-state index in [4.69, 9.17) is 53.9 Å². The number of carboxylic acid groups (broad SMARTS) is 1. The number of anilines is 1. The summed E-state index contributed by atoms with van der Waals surface area (Å²) in [6.45, 7) is 45.0. The molecule has 12 N–H and O–H groups in total. The van der Waals surface area contributed by atoms with Gasteiger partial charge in [0.15, 0.2) is 5.15 Å². The minimum absolute atomic E-state index is 0. The van der Waals surface area contributed by atoms with Gasteiger partial charge in [0.25, 0.3) is 5.56 Å². The average Bonchev–Trinajstić information content (AvgIpc) is 3.22. The van der Waals surface area contributed by atoms with E-state index in [9.17, 15) is 41.9 Å². The lowest BCUT2D eigenvalue weighted by atomic mass is 9.86. The first kappa shape index (κ1) is 109. The number of halogens is 4. The molecular formula is C62H126ClF3N12O10. The fourth-order valence-electron chi connectivity index (χ4n) is 5.28. The van der Waals surface area contributed by atoms with Crippen LogP contribution in [0.4, 0.5) is 28.6 Å². The van der Waals surface area contributed by atoms with E-state index in [2.05, 4.69) is 82.1 Å². The molecule has 0 saturated heterocycles. The minimum atomic E-state index is -4.64. The lowest BCUT2D eigenvalue weighted by Crippen LogP contribution is -2.53. The number of alkyl carbamates (subject to hydrolysis) is 2. The van der Waals surface area contributed by atoms with Crippen LogP contribution < -0.4 is 39.1 Å². The first-order chi connectivity index (χ1) is 35.3. The van der Waals surface area contributed by atoms with Gasteiger partial charge in [0.1, 0.15) is 34.8 Å². The zero-order chi connectivity index (χ0) is 64.6. The predicted octanol–water partition coefficient (Wildman–Crippen LogP) is 14.0. The van der Waals surface area contributed by atoms with Gasteiger partial charge >= 0.3 is 24.3 Å². The highest BCUT2D eigenvalue weighted by molar-refractivity contribution is 6.30. The van der Waals surface area contributed by atoms with Crippen LogP contribution in [-0.4, -0.2) is 107 Å². The quantitative estimate of drug-likeness (QED) is 0.110. The van der Waals surface area contributed by atoms with Gasteiger partial charge in [-0.25, -0.2) is 24.4 Å². The molecule has 22 nitrogen and oxygen atoms in total. The van der Waals surface area contributed by atoms with Crippen molar-refractivity contribution in [3.8, 4) is 0 Å². The number of nitrogens with one attached hydrogen (secondary N) is 3. The van der Waals surface area contributed by atoms with E-state index in [-0.39, 0.29) is 86.6 Å². The number of nitrogens with zero attached hydrogens (tertiary/aromatic N) is 5. The summed E-state index contributed by atoms with van der Waals surface area (Å²) in [5.74, 6) is -1.56. The maximum atomic E-state index is 11.5. The molecule has 0 unspecified atom stereocenters. The molecule has 0 aliphatic rings. The Hall–Kier alpha value is -6.50. The molecule has 4 amide bonds. The molecule has 3 aromatic rings. The highest BCUT2D eigenvalue weighted by atomic mass is 35.5. The third kappa shape index (κ3) is 53.7. The molecule has 0 aliphatic carbocycles. The topological polar surface area (TPSA) is 367 Å². The van der Waals surface area contributed by atoms with Crippen LogP contribution in [0, 0.1) is 16.2 Å². The number of carbonyl (C=O) groups is 6. The van der Waals surface area contributed by atoms with Crippen LogP contribution in [0.1, 0.15) is 243 Å². The van der Waals surface area contributed by atoms with E-state index < -0.39 is 82.6 Å². The largest absolute Gasteiger partial charge is 0.480 e. The Kier molecular flexibility index (Phi) is 55.7. The summed E-state index contributed by atoms with van der Waals surface area (Å²) in [5, 5.41) is 14.3. The van der Waals surface area contributed by atoms with Crippen molar-refractivity contribution >= 4 is 53.7 Å². The minimum Gasteiger partial charge on any atom is -0.480 e. The third-order valence-corrected chi connectivity index (χ3v) is 9.45. The van der Waals surface area contributed by atoms with E-state index in [0.29, 0.717) is 16.7 Å². The lowest BCUT2D eigenvalue weighted by Gasteiger charge is -2.29. The highest BCUT2D eigenvalue weighted by Crippen LogP contribution is 2.26. The molecule has 3 rings (SSSR count). The van der Waals surface area contributed by atoms with Gasteiger partial charge in [-0.3, -0.25) is 34.1 Å². The summed E-state index contributed by atoms with van der Waals surface area (Å²) in [6, 6.07) is -2.26. The van der Waals surface area contributed by atoms with Crippen molar-refractivity contribution in [3.63, 3.8) is 0 Å². The Morgan fingerprint density at radius 3 is 1.03 bits per heavy atom. The smallest absolute Gasteiger partial charge is 0.446 e. The van der Waals surface area contributed by atoms with Crippen LogP contribution in [0.2, 0.25) is 5.15 Å². The van der Waals surface area contributed by atoms with Gasteiger partial charge in [0.05, 0.1) is 17.4 Å². The molecule has 522 valence electrons. The number of aromatic nitrogens is 6. The number of aromatic amines is 1. The Balaban J connectivity index is -0.0000000766. The Morgan fingerprint density at radius 1 is 0.534 bits per heavy atom. The van der Waals surface area contributed by atoms with Gasteiger partial charge in [-0.15, -0.1) is 0 Å². The number of aliphatic carboxylic acids is 1. The second-order valence-corrected chi connectivity index (χ2v) is 26.4. The van der Waals surface area contributed by atoms with Gasteiger partial charge in [-0.05, 0) is 57.8 Å². The van der Waals surface area contributed by atoms with Crippen LogP contribution >= 0.6 is 11.6 Å². The van der Waals surface area contributed by atoms with Crippen molar-refractivity contribution < 1.29 is 56.5 Å². The van der Waals surface area contributed by atoms with Gasteiger partial charge in [-0.2, -0.15) is 13.2 Å². The summed E-state index contributed by atoms with van der Waals surface area (Å²) in [6.07, 6.45) is 2.61. The first-order valence-corrected chi connectivity index (χ1v) is 25.4. The number of nitrogen functional groups attached to an aromatic ring is 1. The van der Waals surface area contributed by atoms with Crippen molar-refractivity contribution in [2.75, 3.05) is 5.73 Å². The number of H-pyrrole nitrogens is 1. The van der Waals surface area contributed by atoms with E-state index >= 15 is 0 Å². The molecule has 3 atom stereocenters. The average molecular weight is 1290 g/mol. The summed E-state index contributed by atoms with van der Waals surface area (Å²) < 4.78 is 41.3. The van der Waals surface area contributed by atoms with Crippen LogP contribution in [0.15, 0.2) is 42.0 Å².